The third kappa shape index (κ3) is 3.39. The number of amides is 1. The maximum Gasteiger partial charge on any atom is 0.273 e. The lowest BCUT2D eigenvalue weighted by Crippen LogP contribution is -2.37. The molecule has 2 N–H and O–H groups in total. The molecule has 0 aliphatic heterocycles. The Morgan fingerprint density at radius 2 is 1.81 bits per heavy atom. The fourth-order valence-electron chi connectivity index (χ4n) is 2.65. The highest BCUT2D eigenvalue weighted by atomic mass is 19.2. The summed E-state index contributed by atoms with van der Waals surface area (Å²) in [5.74, 6) is -2.55. The summed E-state index contributed by atoms with van der Waals surface area (Å²) in [7, 11) is 0. The van der Waals surface area contributed by atoms with Crippen molar-refractivity contribution in [3.63, 3.8) is 0 Å². The van der Waals surface area contributed by atoms with E-state index >= 15 is 0 Å². The van der Waals surface area contributed by atoms with Gasteiger partial charge in [0.1, 0.15) is 6.54 Å². The first-order valence-electron chi connectivity index (χ1n) is 7.83. The molecule has 0 saturated heterocycles. The standard InChI is InChI=1S/C18H15F2N3O3/c1-10(11-6-7-14(19)15(20)8-11)21-16(24)9-23-18(26)13-5-3-2-4-12(13)17(25)22-23/h2-8,10H,9H2,1H3,(H,21,24)(H,22,25). The highest BCUT2D eigenvalue weighted by molar-refractivity contribution is 5.81. The molecule has 134 valence electrons. The molecule has 0 bridgehead atoms. The van der Waals surface area contributed by atoms with Gasteiger partial charge in [-0.25, -0.2) is 13.5 Å². The van der Waals surface area contributed by atoms with Gasteiger partial charge in [0.2, 0.25) is 5.91 Å². The van der Waals surface area contributed by atoms with Crippen LogP contribution in [-0.2, 0) is 11.3 Å². The van der Waals surface area contributed by atoms with Crippen molar-refractivity contribution in [1.29, 1.82) is 0 Å². The van der Waals surface area contributed by atoms with Crippen molar-refractivity contribution < 1.29 is 13.6 Å². The van der Waals surface area contributed by atoms with Gasteiger partial charge >= 0.3 is 0 Å². The maximum absolute atomic E-state index is 13.3. The first-order valence-corrected chi connectivity index (χ1v) is 7.83. The number of halogens is 2. The van der Waals surface area contributed by atoms with Crippen molar-refractivity contribution in [1.82, 2.24) is 15.1 Å². The number of rotatable bonds is 4. The second-order valence-electron chi connectivity index (χ2n) is 5.84. The minimum Gasteiger partial charge on any atom is -0.348 e. The molecule has 3 rings (SSSR count). The summed E-state index contributed by atoms with van der Waals surface area (Å²) in [6.07, 6.45) is 0. The minimum absolute atomic E-state index is 0.206. The average molecular weight is 359 g/mol. The van der Waals surface area contributed by atoms with Gasteiger partial charge in [0.15, 0.2) is 11.6 Å². The zero-order valence-electron chi connectivity index (χ0n) is 13.8. The zero-order chi connectivity index (χ0) is 18.8. The molecular weight excluding hydrogens is 344 g/mol. The third-order valence-electron chi connectivity index (χ3n) is 4.01. The van der Waals surface area contributed by atoms with Gasteiger partial charge in [0.05, 0.1) is 16.8 Å². The summed E-state index contributed by atoms with van der Waals surface area (Å²) in [6, 6.07) is 8.99. The van der Waals surface area contributed by atoms with Gasteiger partial charge in [0.25, 0.3) is 11.1 Å². The Labute approximate surface area is 146 Å². The molecule has 26 heavy (non-hydrogen) atoms. The van der Waals surface area contributed by atoms with E-state index in [0.717, 1.165) is 16.8 Å². The molecule has 0 aliphatic carbocycles. The normalized spacial score (nSPS) is 12.1. The number of benzene rings is 2. The first kappa shape index (κ1) is 17.5. The van der Waals surface area contributed by atoms with E-state index < -0.39 is 41.2 Å². The Bertz CT molecular complexity index is 1100. The molecule has 0 radical (unpaired) electrons. The number of fused-ring (bicyclic) bond motifs is 1. The van der Waals surface area contributed by atoms with Crippen LogP contribution in [0.2, 0.25) is 0 Å². The number of aromatic nitrogens is 2. The predicted octanol–water partition coefficient (Wildman–Crippen LogP) is 1.85. The Balaban J connectivity index is 1.81. The summed E-state index contributed by atoms with van der Waals surface area (Å²) in [5.41, 5.74) is -0.617. The number of hydrogen-bond acceptors (Lipinski definition) is 3. The lowest BCUT2D eigenvalue weighted by Gasteiger charge is -2.15. The van der Waals surface area contributed by atoms with Gasteiger partial charge in [-0.05, 0) is 36.8 Å². The van der Waals surface area contributed by atoms with E-state index in [-0.39, 0.29) is 10.8 Å². The van der Waals surface area contributed by atoms with Crippen LogP contribution in [-0.4, -0.2) is 15.7 Å². The second-order valence-corrected chi connectivity index (χ2v) is 5.84. The first-order chi connectivity index (χ1) is 12.4. The van der Waals surface area contributed by atoms with E-state index in [4.69, 9.17) is 0 Å². The number of nitrogens with zero attached hydrogens (tertiary/aromatic N) is 1. The van der Waals surface area contributed by atoms with Crippen LogP contribution >= 0.6 is 0 Å². The van der Waals surface area contributed by atoms with Crippen LogP contribution in [0.25, 0.3) is 10.8 Å². The largest absolute Gasteiger partial charge is 0.348 e. The van der Waals surface area contributed by atoms with E-state index in [1.165, 1.54) is 18.2 Å². The van der Waals surface area contributed by atoms with E-state index in [2.05, 4.69) is 10.4 Å². The van der Waals surface area contributed by atoms with E-state index in [9.17, 15) is 23.2 Å². The lowest BCUT2D eigenvalue weighted by molar-refractivity contribution is -0.122. The second kappa shape index (κ2) is 6.91. The number of carbonyl (C=O) groups is 1. The Morgan fingerprint density at radius 1 is 1.12 bits per heavy atom. The molecule has 6 nitrogen and oxygen atoms in total. The van der Waals surface area contributed by atoms with E-state index in [1.807, 2.05) is 0 Å². The average Bonchev–Trinajstić information content (AvgIpc) is 2.61. The highest BCUT2D eigenvalue weighted by Crippen LogP contribution is 2.15. The minimum atomic E-state index is -1.02. The maximum atomic E-state index is 13.3. The molecule has 2 aromatic carbocycles. The van der Waals surface area contributed by atoms with Gasteiger partial charge in [-0.15, -0.1) is 0 Å². The van der Waals surface area contributed by atoms with Crippen LogP contribution in [0, 0.1) is 11.6 Å². The smallest absolute Gasteiger partial charge is 0.273 e. The van der Waals surface area contributed by atoms with Gasteiger partial charge in [-0.1, -0.05) is 18.2 Å². The Hall–Kier alpha value is -3.29. The lowest BCUT2D eigenvalue weighted by atomic mass is 10.1. The molecule has 8 heteroatoms. The van der Waals surface area contributed by atoms with Gasteiger partial charge in [0, 0.05) is 0 Å². The summed E-state index contributed by atoms with van der Waals surface area (Å²) >= 11 is 0. The van der Waals surface area contributed by atoms with Crippen molar-refractivity contribution in [3.8, 4) is 0 Å². The Morgan fingerprint density at radius 3 is 2.50 bits per heavy atom. The van der Waals surface area contributed by atoms with Crippen LogP contribution in [0.3, 0.4) is 0 Å². The van der Waals surface area contributed by atoms with E-state index in [0.29, 0.717) is 5.56 Å². The molecule has 1 aromatic heterocycles. The molecule has 0 fully saturated rings. The summed E-state index contributed by atoms with van der Waals surface area (Å²) < 4.78 is 27.2. The molecule has 0 saturated carbocycles. The number of aromatic amines is 1. The third-order valence-corrected chi connectivity index (χ3v) is 4.01. The quantitative estimate of drug-likeness (QED) is 0.746. The van der Waals surface area contributed by atoms with Crippen LogP contribution in [0.15, 0.2) is 52.1 Å². The van der Waals surface area contributed by atoms with Crippen LogP contribution < -0.4 is 16.4 Å². The van der Waals surface area contributed by atoms with E-state index in [1.54, 1.807) is 19.1 Å². The van der Waals surface area contributed by atoms with Crippen LogP contribution in [0.4, 0.5) is 8.78 Å². The van der Waals surface area contributed by atoms with Crippen LogP contribution in [0.1, 0.15) is 18.5 Å². The fraction of sp³-hybridized carbons (Fsp3) is 0.167. The summed E-state index contributed by atoms with van der Waals surface area (Å²) in [4.78, 5) is 36.6. The summed E-state index contributed by atoms with van der Waals surface area (Å²) in [5, 5.41) is 5.38. The molecule has 1 heterocycles. The number of H-pyrrole nitrogens is 1. The molecule has 1 amide bonds. The molecule has 0 aliphatic rings. The number of hydrogen-bond donors (Lipinski definition) is 2. The fourth-order valence-corrected chi connectivity index (χ4v) is 2.65. The zero-order valence-corrected chi connectivity index (χ0v) is 13.8. The van der Waals surface area contributed by atoms with Gasteiger partial charge < -0.3 is 5.32 Å². The van der Waals surface area contributed by atoms with Gasteiger partial charge in [-0.3, -0.25) is 19.5 Å². The monoisotopic (exact) mass is 359 g/mol. The molecule has 0 spiro atoms. The van der Waals surface area contributed by atoms with Crippen LogP contribution in [0.5, 0.6) is 0 Å². The van der Waals surface area contributed by atoms with Crippen molar-refractivity contribution in [2.75, 3.05) is 0 Å². The molecule has 3 aromatic rings. The highest BCUT2D eigenvalue weighted by Gasteiger charge is 2.14. The molecule has 1 unspecified atom stereocenters. The van der Waals surface area contributed by atoms with Crippen molar-refractivity contribution in [2.45, 2.75) is 19.5 Å². The SMILES string of the molecule is CC(NC(=O)Cn1[nH]c(=O)c2ccccc2c1=O)c1ccc(F)c(F)c1. The predicted molar refractivity (Wildman–Crippen MR) is 91.7 cm³/mol. The van der Waals surface area contributed by atoms with Crippen molar-refractivity contribution >= 4 is 16.7 Å². The summed E-state index contributed by atoms with van der Waals surface area (Å²) in [6.45, 7) is 1.18. The Kier molecular flexibility index (Phi) is 4.66. The molecular formula is C18H15F2N3O3. The number of carbonyl (C=O) groups excluding carboxylic acids is 1. The van der Waals surface area contributed by atoms with Gasteiger partial charge in [-0.2, -0.15) is 0 Å². The number of nitrogens with one attached hydrogen (secondary N) is 2. The topological polar surface area (TPSA) is 84.0 Å². The van der Waals surface area contributed by atoms with Crippen molar-refractivity contribution in [2.24, 2.45) is 0 Å². The molecule has 1 atom stereocenters. The van der Waals surface area contributed by atoms with Crippen molar-refractivity contribution in [3.05, 3.63) is 80.4 Å².